The van der Waals surface area contributed by atoms with E-state index in [2.05, 4.69) is 4.98 Å². The first-order valence-corrected chi connectivity index (χ1v) is 13.6. The third kappa shape index (κ3) is 5.41. The maximum atomic E-state index is 13.3. The van der Waals surface area contributed by atoms with Crippen LogP contribution in [-0.2, 0) is 20.9 Å². The van der Waals surface area contributed by atoms with Gasteiger partial charge in [0.05, 0.1) is 22.2 Å². The normalized spacial score (nSPS) is 15.1. The number of esters is 1. The molecule has 1 saturated heterocycles. The molecule has 0 spiro atoms. The molecule has 40 heavy (non-hydrogen) atoms. The lowest BCUT2D eigenvalue weighted by Crippen LogP contribution is -2.31. The Morgan fingerprint density at radius 2 is 1.65 bits per heavy atom. The molecule has 2 amide bonds. The summed E-state index contributed by atoms with van der Waals surface area (Å²) in [6.45, 7) is 1.73. The molecule has 1 aliphatic rings. The Balaban J connectivity index is 1.27. The smallest absolute Gasteiger partial charge is 0.338 e. The summed E-state index contributed by atoms with van der Waals surface area (Å²) in [6.07, 6.45) is -0.0630. The largest absolute Gasteiger partial charge is 0.454 e. The van der Waals surface area contributed by atoms with Crippen LogP contribution in [0.25, 0.3) is 10.9 Å². The number of rotatable bonds is 8. The molecular formula is C29H22ClN3O6S. The Kier molecular flexibility index (Phi) is 7.81. The minimum Gasteiger partial charge on any atom is -0.454 e. The molecular weight excluding hydrogens is 554 g/mol. The van der Waals surface area contributed by atoms with E-state index in [1.807, 2.05) is 6.92 Å². The molecule has 1 atom stereocenters. The van der Waals surface area contributed by atoms with Gasteiger partial charge in [-0.2, -0.15) is 0 Å². The van der Waals surface area contributed by atoms with Crippen molar-refractivity contribution < 1.29 is 23.9 Å². The van der Waals surface area contributed by atoms with E-state index < -0.39 is 29.6 Å². The van der Waals surface area contributed by atoms with Crippen LogP contribution in [0.15, 0.2) is 82.7 Å². The summed E-state index contributed by atoms with van der Waals surface area (Å²) in [7, 11) is 0. The van der Waals surface area contributed by atoms with Crippen molar-refractivity contribution in [1.29, 1.82) is 0 Å². The predicted octanol–water partition coefficient (Wildman–Crippen LogP) is 4.53. The summed E-state index contributed by atoms with van der Waals surface area (Å²) >= 11 is 6.91. The van der Waals surface area contributed by atoms with Gasteiger partial charge in [-0.1, -0.05) is 35.5 Å². The van der Waals surface area contributed by atoms with Crippen LogP contribution < -0.4 is 10.5 Å². The summed E-state index contributed by atoms with van der Waals surface area (Å²) in [5.41, 5.74) is 1.13. The van der Waals surface area contributed by atoms with E-state index in [4.69, 9.17) is 16.3 Å². The van der Waals surface area contributed by atoms with Crippen molar-refractivity contribution in [1.82, 2.24) is 9.55 Å². The van der Waals surface area contributed by atoms with E-state index in [0.29, 0.717) is 38.9 Å². The van der Waals surface area contributed by atoms with Crippen molar-refractivity contribution in [3.8, 4) is 0 Å². The number of ether oxygens (including phenoxy) is 1. The number of benzene rings is 3. The fourth-order valence-corrected chi connectivity index (χ4v) is 5.59. The highest BCUT2D eigenvalue weighted by atomic mass is 35.5. The van der Waals surface area contributed by atoms with Gasteiger partial charge >= 0.3 is 5.97 Å². The Hall–Kier alpha value is -4.28. The third-order valence-electron chi connectivity index (χ3n) is 6.36. The Labute approximate surface area is 237 Å². The number of carbonyl (C=O) groups is 4. The van der Waals surface area contributed by atoms with E-state index in [1.165, 1.54) is 28.8 Å². The lowest BCUT2D eigenvalue weighted by atomic mass is 10.1. The molecule has 1 aliphatic heterocycles. The van der Waals surface area contributed by atoms with Gasteiger partial charge in [-0.25, -0.2) is 14.7 Å². The number of para-hydroxylation sites is 1. The van der Waals surface area contributed by atoms with Gasteiger partial charge in [-0.3, -0.25) is 23.7 Å². The monoisotopic (exact) mass is 575 g/mol. The topological polar surface area (TPSA) is 116 Å². The van der Waals surface area contributed by atoms with E-state index in [9.17, 15) is 24.0 Å². The summed E-state index contributed by atoms with van der Waals surface area (Å²) in [4.78, 5) is 69.4. The number of hydrogen-bond acceptors (Lipinski definition) is 8. The van der Waals surface area contributed by atoms with Crippen LogP contribution in [0, 0.1) is 0 Å². The van der Waals surface area contributed by atoms with Gasteiger partial charge in [0, 0.05) is 23.6 Å². The summed E-state index contributed by atoms with van der Waals surface area (Å²) in [5, 5.41) is 0.574. The number of Topliss-reactive ketones (excluding diaryl/α,β-unsaturated/α-hetero) is 1. The number of anilines is 1. The fourth-order valence-electron chi connectivity index (χ4n) is 4.29. The number of hydrogen-bond donors (Lipinski definition) is 0. The van der Waals surface area contributed by atoms with Crippen LogP contribution in [0.5, 0.6) is 0 Å². The SMILES string of the molecule is CCn1c(SC2CC(=O)N(c3ccc(C(=O)OCC(=O)c4ccc(Cl)cc4)cc3)C2=O)nc2ccccc2c1=O. The minimum atomic E-state index is -0.762. The molecule has 11 heteroatoms. The first kappa shape index (κ1) is 27.3. The standard InChI is InChI=1S/C29H22ClN3O6S/c1-2-32-26(36)21-5-3-4-6-22(21)31-29(32)40-24-15-25(35)33(27(24)37)20-13-9-18(10-14-20)28(38)39-16-23(34)17-7-11-19(30)12-8-17/h3-14,24H,2,15-16H2,1H3. The van der Waals surface area contributed by atoms with E-state index in [1.54, 1.807) is 48.5 Å². The molecule has 5 rings (SSSR count). The minimum absolute atomic E-state index is 0.0630. The quantitative estimate of drug-likeness (QED) is 0.130. The molecule has 0 bridgehead atoms. The molecule has 3 aromatic carbocycles. The van der Waals surface area contributed by atoms with E-state index >= 15 is 0 Å². The van der Waals surface area contributed by atoms with Gasteiger partial charge in [-0.15, -0.1) is 0 Å². The van der Waals surface area contributed by atoms with Crippen LogP contribution in [0.2, 0.25) is 5.02 Å². The predicted molar refractivity (Wildman–Crippen MR) is 151 cm³/mol. The van der Waals surface area contributed by atoms with Crippen molar-refractivity contribution in [3.63, 3.8) is 0 Å². The summed E-state index contributed by atoms with van der Waals surface area (Å²) < 4.78 is 6.61. The van der Waals surface area contributed by atoms with Gasteiger partial charge in [-0.05, 0) is 67.6 Å². The van der Waals surface area contributed by atoms with Crippen LogP contribution in [0.3, 0.4) is 0 Å². The van der Waals surface area contributed by atoms with Crippen molar-refractivity contribution in [2.45, 2.75) is 30.3 Å². The van der Waals surface area contributed by atoms with Gasteiger partial charge in [0.15, 0.2) is 17.5 Å². The number of aromatic nitrogens is 2. The van der Waals surface area contributed by atoms with Crippen LogP contribution in [-0.4, -0.2) is 45.0 Å². The molecule has 0 radical (unpaired) electrons. The highest BCUT2D eigenvalue weighted by molar-refractivity contribution is 8.00. The zero-order chi connectivity index (χ0) is 28.4. The molecule has 9 nitrogen and oxygen atoms in total. The average molecular weight is 576 g/mol. The number of thioether (sulfide) groups is 1. The van der Waals surface area contributed by atoms with Gasteiger partial charge in [0.1, 0.15) is 5.25 Å². The maximum Gasteiger partial charge on any atom is 0.338 e. The number of halogens is 1. The van der Waals surface area contributed by atoms with Crippen molar-refractivity contribution >= 4 is 63.5 Å². The molecule has 0 aliphatic carbocycles. The van der Waals surface area contributed by atoms with Crippen LogP contribution >= 0.6 is 23.4 Å². The molecule has 202 valence electrons. The number of amides is 2. The summed E-state index contributed by atoms with van der Waals surface area (Å²) in [6, 6.07) is 19.0. The van der Waals surface area contributed by atoms with Gasteiger partial charge < -0.3 is 4.74 Å². The van der Waals surface area contributed by atoms with Crippen molar-refractivity contribution in [3.05, 3.63) is 99.3 Å². The lowest BCUT2D eigenvalue weighted by molar-refractivity contribution is -0.121. The molecule has 4 aromatic rings. The second-order valence-corrected chi connectivity index (χ2v) is 10.5. The second-order valence-electron chi connectivity index (χ2n) is 8.89. The summed E-state index contributed by atoms with van der Waals surface area (Å²) in [5.74, 6) is -1.95. The lowest BCUT2D eigenvalue weighted by Gasteiger charge is -2.16. The van der Waals surface area contributed by atoms with E-state index in [0.717, 1.165) is 16.7 Å². The number of nitrogens with zero attached hydrogens (tertiary/aromatic N) is 3. The van der Waals surface area contributed by atoms with Gasteiger partial charge in [0.2, 0.25) is 11.8 Å². The first-order valence-electron chi connectivity index (χ1n) is 12.4. The van der Waals surface area contributed by atoms with Crippen molar-refractivity contribution in [2.75, 3.05) is 11.5 Å². The van der Waals surface area contributed by atoms with Crippen LogP contribution in [0.4, 0.5) is 5.69 Å². The molecule has 0 saturated carbocycles. The Bertz CT molecular complexity index is 1700. The molecule has 0 N–H and O–H groups in total. The zero-order valence-electron chi connectivity index (χ0n) is 21.2. The molecule has 1 aromatic heterocycles. The number of ketones is 1. The highest BCUT2D eigenvalue weighted by Gasteiger charge is 2.41. The fraction of sp³-hybridized carbons (Fsp3) is 0.172. The highest BCUT2D eigenvalue weighted by Crippen LogP contribution is 2.33. The molecule has 2 heterocycles. The molecule has 1 fully saturated rings. The van der Waals surface area contributed by atoms with E-state index in [-0.39, 0.29) is 23.3 Å². The average Bonchev–Trinajstić information content (AvgIpc) is 3.24. The number of carbonyl (C=O) groups excluding carboxylic acids is 4. The van der Waals surface area contributed by atoms with Gasteiger partial charge in [0.25, 0.3) is 5.56 Å². The third-order valence-corrected chi connectivity index (χ3v) is 7.78. The van der Waals surface area contributed by atoms with Crippen LogP contribution in [0.1, 0.15) is 34.1 Å². The number of imide groups is 1. The second kappa shape index (κ2) is 11.4. The zero-order valence-corrected chi connectivity index (χ0v) is 22.8. The first-order chi connectivity index (χ1) is 19.3. The maximum absolute atomic E-state index is 13.3. The van der Waals surface area contributed by atoms with Crippen molar-refractivity contribution in [2.24, 2.45) is 0 Å². The molecule has 1 unspecified atom stereocenters. The number of fused-ring (bicyclic) bond motifs is 1. The Morgan fingerprint density at radius 3 is 2.35 bits per heavy atom. The Morgan fingerprint density at radius 1 is 0.975 bits per heavy atom.